The first-order valence-electron chi connectivity index (χ1n) is 7.45. The quantitative estimate of drug-likeness (QED) is 0.591. The van der Waals surface area contributed by atoms with Crippen molar-refractivity contribution in [3.63, 3.8) is 0 Å². The van der Waals surface area contributed by atoms with Gasteiger partial charge in [0, 0.05) is 18.4 Å². The maximum atomic E-state index is 12.6. The third kappa shape index (κ3) is 4.07. The van der Waals surface area contributed by atoms with Gasteiger partial charge in [0.25, 0.3) is 0 Å². The second-order valence-electron chi connectivity index (χ2n) is 5.10. The number of rotatable bonds is 6. The minimum absolute atomic E-state index is 0.0742. The Labute approximate surface area is 140 Å². The molecule has 0 bridgehead atoms. The van der Waals surface area contributed by atoms with E-state index in [1.807, 2.05) is 36.6 Å². The van der Waals surface area contributed by atoms with Crippen LogP contribution in [0.4, 0.5) is 0 Å². The number of carbonyl (C=O) groups excluding carboxylic acids is 2. The van der Waals surface area contributed by atoms with Gasteiger partial charge >= 0.3 is 5.97 Å². The van der Waals surface area contributed by atoms with Crippen molar-refractivity contribution < 1.29 is 19.1 Å². The lowest BCUT2D eigenvalue weighted by Gasteiger charge is -2.31. The lowest BCUT2D eigenvalue weighted by atomic mass is 9.81. The maximum Gasteiger partial charge on any atom is 0.306 e. The van der Waals surface area contributed by atoms with Gasteiger partial charge in [0.1, 0.15) is 5.75 Å². The van der Waals surface area contributed by atoms with Crippen LogP contribution in [0.1, 0.15) is 24.8 Å². The molecule has 1 aromatic carbocycles. The Kier molecular flexibility index (Phi) is 6.10. The van der Waals surface area contributed by atoms with Crippen LogP contribution in [0.3, 0.4) is 0 Å². The number of hydrogen-bond donors (Lipinski definition) is 0. The number of ether oxygens (including phenoxy) is 2. The van der Waals surface area contributed by atoms with E-state index in [0.29, 0.717) is 6.61 Å². The number of methoxy groups -OCH3 is 1. The van der Waals surface area contributed by atoms with Crippen LogP contribution >= 0.6 is 11.9 Å². The van der Waals surface area contributed by atoms with Crippen molar-refractivity contribution in [2.45, 2.75) is 19.3 Å². The SMILES string of the molecule is CCOC(=O)CC1C(=O)N(SC)C=CC1c1ccc(OC)cc1. The third-order valence-electron chi connectivity index (χ3n) is 3.79. The number of benzene rings is 1. The van der Waals surface area contributed by atoms with Crippen molar-refractivity contribution in [2.75, 3.05) is 20.0 Å². The molecule has 23 heavy (non-hydrogen) atoms. The van der Waals surface area contributed by atoms with Crippen molar-refractivity contribution in [1.82, 2.24) is 4.31 Å². The van der Waals surface area contributed by atoms with E-state index in [9.17, 15) is 9.59 Å². The highest BCUT2D eigenvalue weighted by molar-refractivity contribution is 7.96. The molecule has 1 aliphatic heterocycles. The fourth-order valence-electron chi connectivity index (χ4n) is 2.63. The molecule has 0 spiro atoms. The molecular weight excluding hydrogens is 314 g/mol. The van der Waals surface area contributed by atoms with Crippen molar-refractivity contribution in [1.29, 1.82) is 0 Å². The van der Waals surface area contributed by atoms with Crippen LogP contribution in [0.2, 0.25) is 0 Å². The van der Waals surface area contributed by atoms with E-state index in [2.05, 4.69) is 0 Å². The van der Waals surface area contributed by atoms with Crippen molar-refractivity contribution in [2.24, 2.45) is 5.92 Å². The van der Waals surface area contributed by atoms with E-state index in [4.69, 9.17) is 9.47 Å². The number of nitrogens with zero attached hydrogens (tertiary/aromatic N) is 1. The standard InChI is InChI=1S/C17H21NO4S/c1-4-22-16(19)11-15-14(9-10-18(23-3)17(15)20)12-5-7-13(21-2)8-6-12/h5-10,14-15H,4,11H2,1-3H3. The molecule has 2 atom stereocenters. The second-order valence-corrected chi connectivity index (χ2v) is 5.86. The van der Waals surface area contributed by atoms with E-state index >= 15 is 0 Å². The maximum absolute atomic E-state index is 12.6. The van der Waals surface area contributed by atoms with Gasteiger partial charge < -0.3 is 9.47 Å². The summed E-state index contributed by atoms with van der Waals surface area (Å²) in [5, 5.41) is 0. The molecule has 0 N–H and O–H groups in total. The zero-order chi connectivity index (χ0) is 16.8. The van der Waals surface area contributed by atoms with Crippen LogP contribution < -0.4 is 4.74 Å². The van der Waals surface area contributed by atoms with Crippen molar-refractivity contribution in [3.05, 3.63) is 42.1 Å². The average Bonchev–Trinajstić information content (AvgIpc) is 2.57. The van der Waals surface area contributed by atoms with Crippen molar-refractivity contribution >= 4 is 23.8 Å². The van der Waals surface area contributed by atoms with E-state index < -0.39 is 5.92 Å². The van der Waals surface area contributed by atoms with E-state index in [-0.39, 0.29) is 24.2 Å². The molecule has 0 fully saturated rings. The first-order chi connectivity index (χ1) is 11.1. The van der Waals surface area contributed by atoms with Crippen LogP contribution in [0.25, 0.3) is 0 Å². The summed E-state index contributed by atoms with van der Waals surface area (Å²) in [6, 6.07) is 7.56. The molecule has 6 heteroatoms. The Bertz CT molecular complexity index is 585. The molecule has 2 unspecified atom stereocenters. The van der Waals surface area contributed by atoms with Crippen molar-refractivity contribution in [3.8, 4) is 5.75 Å². The van der Waals surface area contributed by atoms with Gasteiger partial charge in [0.05, 0.1) is 26.1 Å². The predicted molar refractivity (Wildman–Crippen MR) is 90.0 cm³/mol. The summed E-state index contributed by atoms with van der Waals surface area (Å²) in [5.41, 5.74) is 0.977. The van der Waals surface area contributed by atoms with Gasteiger partial charge in [-0.1, -0.05) is 18.2 Å². The fraction of sp³-hybridized carbons (Fsp3) is 0.412. The summed E-state index contributed by atoms with van der Waals surface area (Å²) < 4.78 is 11.7. The van der Waals surface area contributed by atoms with Crippen LogP contribution in [-0.2, 0) is 14.3 Å². The molecule has 1 amide bonds. The van der Waals surface area contributed by atoms with Gasteiger partial charge in [0.2, 0.25) is 5.91 Å². The highest BCUT2D eigenvalue weighted by Gasteiger charge is 2.36. The number of carbonyl (C=O) groups is 2. The van der Waals surface area contributed by atoms with Crippen LogP contribution in [0, 0.1) is 5.92 Å². The van der Waals surface area contributed by atoms with E-state index in [1.54, 1.807) is 24.5 Å². The number of amides is 1. The van der Waals surface area contributed by atoms with Gasteiger partial charge in [-0.2, -0.15) is 0 Å². The van der Waals surface area contributed by atoms with Crippen LogP contribution in [-0.4, -0.2) is 36.2 Å². The van der Waals surface area contributed by atoms with Gasteiger partial charge in [-0.05, 0) is 36.6 Å². The fourth-order valence-corrected chi connectivity index (χ4v) is 3.14. The molecule has 1 heterocycles. The molecule has 5 nitrogen and oxygen atoms in total. The summed E-state index contributed by atoms with van der Waals surface area (Å²) in [6.07, 6.45) is 5.63. The normalized spacial score (nSPS) is 20.5. The summed E-state index contributed by atoms with van der Waals surface area (Å²) in [5.74, 6) is -0.275. The topological polar surface area (TPSA) is 55.8 Å². The molecule has 1 aliphatic rings. The lowest BCUT2D eigenvalue weighted by Crippen LogP contribution is -2.36. The lowest BCUT2D eigenvalue weighted by molar-refractivity contribution is -0.147. The molecule has 0 aliphatic carbocycles. The van der Waals surface area contributed by atoms with E-state index in [1.165, 1.54) is 11.9 Å². The summed E-state index contributed by atoms with van der Waals surface area (Å²) >= 11 is 1.33. The predicted octanol–water partition coefficient (Wildman–Crippen LogP) is 2.98. The molecule has 0 aromatic heterocycles. The minimum atomic E-state index is -0.458. The Morgan fingerprint density at radius 1 is 1.30 bits per heavy atom. The molecule has 0 saturated carbocycles. The van der Waals surface area contributed by atoms with Crippen LogP contribution in [0.15, 0.2) is 36.5 Å². The Hall–Kier alpha value is -1.95. The Morgan fingerprint density at radius 2 is 2.00 bits per heavy atom. The Balaban J connectivity index is 2.28. The summed E-state index contributed by atoms with van der Waals surface area (Å²) in [6.45, 7) is 2.07. The summed E-state index contributed by atoms with van der Waals surface area (Å²) in [4.78, 5) is 24.5. The first-order valence-corrected chi connectivity index (χ1v) is 8.64. The van der Waals surface area contributed by atoms with Gasteiger partial charge in [0.15, 0.2) is 0 Å². The van der Waals surface area contributed by atoms with Gasteiger partial charge in [-0.25, -0.2) is 0 Å². The largest absolute Gasteiger partial charge is 0.497 e. The highest BCUT2D eigenvalue weighted by Crippen LogP contribution is 2.36. The zero-order valence-electron chi connectivity index (χ0n) is 13.5. The number of allylic oxidation sites excluding steroid dienone is 1. The molecular formula is C17H21NO4S. The molecule has 2 rings (SSSR count). The monoisotopic (exact) mass is 335 g/mol. The van der Waals surface area contributed by atoms with Gasteiger partial charge in [-0.3, -0.25) is 13.9 Å². The minimum Gasteiger partial charge on any atom is -0.497 e. The smallest absolute Gasteiger partial charge is 0.306 e. The molecule has 124 valence electrons. The second kappa shape index (κ2) is 8.06. The molecule has 0 saturated heterocycles. The van der Waals surface area contributed by atoms with E-state index in [0.717, 1.165) is 11.3 Å². The first kappa shape index (κ1) is 17.4. The third-order valence-corrected chi connectivity index (χ3v) is 4.48. The van der Waals surface area contributed by atoms with Crippen LogP contribution in [0.5, 0.6) is 5.75 Å². The molecule has 0 radical (unpaired) electrons. The molecule has 1 aromatic rings. The van der Waals surface area contributed by atoms with Gasteiger partial charge in [-0.15, -0.1) is 0 Å². The average molecular weight is 335 g/mol. The Morgan fingerprint density at radius 3 is 2.57 bits per heavy atom. The number of esters is 1. The highest BCUT2D eigenvalue weighted by atomic mass is 32.2. The summed E-state index contributed by atoms with van der Waals surface area (Å²) in [7, 11) is 1.61. The zero-order valence-corrected chi connectivity index (χ0v) is 14.3. The number of hydrogen-bond acceptors (Lipinski definition) is 5.